The third-order valence-electron chi connectivity index (χ3n) is 4.75. The Morgan fingerprint density at radius 2 is 1.94 bits per heavy atom. The normalized spacial score (nSPS) is 14.8. The third kappa shape index (κ3) is 5.49. The number of aromatic nitrogens is 2. The molecule has 0 radical (unpaired) electrons. The minimum atomic E-state index is -0.214. The summed E-state index contributed by atoms with van der Waals surface area (Å²) in [4.78, 5) is 14.1. The molecule has 0 aliphatic carbocycles. The van der Waals surface area contributed by atoms with Gasteiger partial charge in [-0.2, -0.15) is 0 Å². The molecule has 31 heavy (non-hydrogen) atoms. The summed E-state index contributed by atoms with van der Waals surface area (Å²) in [5.41, 5.74) is 1.04. The summed E-state index contributed by atoms with van der Waals surface area (Å²) in [5, 5.41) is 8.46. The van der Waals surface area contributed by atoms with E-state index in [0.717, 1.165) is 17.1 Å². The van der Waals surface area contributed by atoms with Crippen LogP contribution in [-0.4, -0.2) is 60.2 Å². The van der Waals surface area contributed by atoms with E-state index in [1.165, 1.54) is 11.8 Å². The number of thioether (sulfide) groups is 1. The van der Waals surface area contributed by atoms with Crippen LogP contribution in [0.4, 0.5) is 0 Å². The number of methoxy groups -OCH3 is 1. The number of hydrogen-bond donors (Lipinski definition) is 0. The maximum atomic E-state index is 12.5. The smallest absolute Gasteiger partial charge is 0.277 e. The minimum Gasteiger partial charge on any atom is -0.497 e. The highest BCUT2D eigenvalue weighted by atomic mass is 32.2. The molecule has 9 heteroatoms. The van der Waals surface area contributed by atoms with Crippen LogP contribution in [0.15, 0.2) is 58.2 Å². The number of rotatable bonds is 8. The molecule has 0 N–H and O–H groups in total. The van der Waals surface area contributed by atoms with Gasteiger partial charge in [0.1, 0.15) is 12.4 Å². The summed E-state index contributed by atoms with van der Waals surface area (Å²) >= 11 is 1.22. The average molecular weight is 442 g/mol. The summed E-state index contributed by atoms with van der Waals surface area (Å²) in [7, 11) is 3.37. The molecule has 0 bridgehead atoms. The molecule has 162 valence electrons. The van der Waals surface area contributed by atoms with Gasteiger partial charge >= 0.3 is 0 Å². The number of amides is 1. The van der Waals surface area contributed by atoms with Crippen molar-refractivity contribution < 1.29 is 23.4 Å². The van der Waals surface area contributed by atoms with Crippen molar-refractivity contribution in [2.45, 2.75) is 17.7 Å². The van der Waals surface area contributed by atoms with Gasteiger partial charge in [0.15, 0.2) is 17.6 Å². The number of carbonyl (C=O) groups excluding carboxylic acids is 1. The van der Waals surface area contributed by atoms with Gasteiger partial charge in [0.05, 0.1) is 25.8 Å². The van der Waals surface area contributed by atoms with E-state index < -0.39 is 0 Å². The fourth-order valence-electron chi connectivity index (χ4n) is 3.08. The zero-order valence-electron chi connectivity index (χ0n) is 17.3. The third-order valence-corrected chi connectivity index (χ3v) is 5.56. The van der Waals surface area contributed by atoms with Crippen molar-refractivity contribution in [3.05, 3.63) is 60.0 Å². The molecule has 8 nitrogen and oxygen atoms in total. The summed E-state index contributed by atoms with van der Waals surface area (Å²) < 4.78 is 22.4. The predicted octanol–water partition coefficient (Wildman–Crippen LogP) is 3.06. The number of fused-ring (bicyclic) bond motifs is 1. The van der Waals surface area contributed by atoms with E-state index in [1.807, 2.05) is 48.5 Å². The van der Waals surface area contributed by atoms with Crippen LogP contribution < -0.4 is 14.2 Å². The Morgan fingerprint density at radius 3 is 2.71 bits per heavy atom. The molecule has 1 atom stereocenters. The van der Waals surface area contributed by atoms with Crippen LogP contribution in [0.1, 0.15) is 11.5 Å². The van der Waals surface area contributed by atoms with Gasteiger partial charge in [-0.1, -0.05) is 36.0 Å². The van der Waals surface area contributed by atoms with E-state index in [4.69, 9.17) is 18.6 Å². The molecular weight excluding hydrogens is 418 g/mol. The molecule has 0 saturated heterocycles. The van der Waals surface area contributed by atoms with Crippen LogP contribution in [0.2, 0.25) is 0 Å². The van der Waals surface area contributed by atoms with Gasteiger partial charge < -0.3 is 23.5 Å². The lowest BCUT2D eigenvalue weighted by atomic mass is 10.1. The zero-order valence-corrected chi connectivity index (χ0v) is 18.1. The van der Waals surface area contributed by atoms with Crippen molar-refractivity contribution >= 4 is 17.7 Å². The number of para-hydroxylation sites is 2. The second-order valence-electron chi connectivity index (χ2n) is 7.05. The van der Waals surface area contributed by atoms with Gasteiger partial charge in [0, 0.05) is 7.05 Å². The topological polar surface area (TPSA) is 86.9 Å². The Morgan fingerprint density at radius 1 is 1.16 bits per heavy atom. The lowest BCUT2D eigenvalue weighted by Crippen LogP contribution is -2.42. The van der Waals surface area contributed by atoms with Crippen LogP contribution in [-0.2, 0) is 11.2 Å². The van der Waals surface area contributed by atoms with Gasteiger partial charge in [-0.25, -0.2) is 0 Å². The standard InChI is InChI=1S/C22H23N3O5S/c1-25(12-17-13-28-18-5-3-4-6-19(18)29-17)21(26)14-31-22-24-23-20(30-22)11-15-7-9-16(27-2)10-8-15/h3-10,17H,11-14H2,1-2H3. The maximum absolute atomic E-state index is 12.5. The molecule has 2 heterocycles. The van der Waals surface area contributed by atoms with Crippen molar-refractivity contribution in [1.29, 1.82) is 0 Å². The summed E-state index contributed by atoms with van der Waals surface area (Å²) in [6.07, 6.45) is 0.305. The average Bonchev–Trinajstić information content (AvgIpc) is 3.25. The lowest BCUT2D eigenvalue weighted by Gasteiger charge is -2.29. The van der Waals surface area contributed by atoms with E-state index in [0.29, 0.717) is 36.4 Å². The first kappa shape index (κ1) is 21.0. The van der Waals surface area contributed by atoms with Gasteiger partial charge in [0.2, 0.25) is 11.8 Å². The Hall–Kier alpha value is -3.20. The van der Waals surface area contributed by atoms with E-state index >= 15 is 0 Å². The predicted molar refractivity (Wildman–Crippen MR) is 115 cm³/mol. The molecule has 1 aliphatic rings. The number of likely N-dealkylation sites (N-methyl/N-ethyl adjacent to an activating group) is 1. The molecule has 1 aliphatic heterocycles. The van der Waals surface area contributed by atoms with E-state index in [1.54, 1.807) is 19.1 Å². The number of hydrogen-bond acceptors (Lipinski definition) is 8. The molecule has 3 aromatic rings. The van der Waals surface area contributed by atoms with Crippen LogP contribution in [0.25, 0.3) is 0 Å². The van der Waals surface area contributed by atoms with Crippen molar-refractivity contribution in [3.8, 4) is 17.2 Å². The highest BCUT2D eigenvalue weighted by Gasteiger charge is 2.24. The summed E-state index contributed by atoms with van der Waals surface area (Å²) in [6.45, 7) is 0.834. The quantitative estimate of drug-likeness (QED) is 0.493. The van der Waals surface area contributed by atoms with Gasteiger partial charge in [-0.3, -0.25) is 4.79 Å². The first-order chi connectivity index (χ1) is 15.1. The summed E-state index contributed by atoms with van der Waals surface area (Å²) in [5.74, 6) is 2.87. The number of benzene rings is 2. The molecule has 1 unspecified atom stereocenters. The number of carbonyl (C=O) groups is 1. The first-order valence-corrected chi connectivity index (χ1v) is 10.8. The van der Waals surface area contributed by atoms with E-state index in [-0.39, 0.29) is 17.8 Å². The molecule has 0 spiro atoms. The Kier molecular flexibility index (Phi) is 6.61. The molecule has 1 amide bonds. The molecule has 0 saturated carbocycles. The number of nitrogens with zero attached hydrogens (tertiary/aromatic N) is 3. The van der Waals surface area contributed by atoms with Crippen LogP contribution >= 0.6 is 11.8 Å². The second kappa shape index (κ2) is 9.74. The van der Waals surface area contributed by atoms with Gasteiger partial charge in [-0.05, 0) is 29.8 Å². The van der Waals surface area contributed by atoms with Crippen molar-refractivity contribution in [2.24, 2.45) is 0 Å². The minimum absolute atomic E-state index is 0.0534. The van der Waals surface area contributed by atoms with E-state index in [9.17, 15) is 4.79 Å². The second-order valence-corrected chi connectivity index (χ2v) is 7.97. The van der Waals surface area contributed by atoms with Gasteiger partial charge in [0.25, 0.3) is 5.22 Å². The maximum Gasteiger partial charge on any atom is 0.277 e. The lowest BCUT2D eigenvalue weighted by molar-refractivity contribution is -0.128. The van der Waals surface area contributed by atoms with Crippen molar-refractivity contribution in [3.63, 3.8) is 0 Å². The number of ether oxygens (including phenoxy) is 3. The Balaban J connectivity index is 1.24. The Labute approximate surface area is 184 Å². The molecule has 2 aromatic carbocycles. The fraction of sp³-hybridized carbons (Fsp3) is 0.318. The SMILES string of the molecule is COc1ccc(Cc2nnc(SCC(=O)N(C)CC3COc4ccccc4O3)o2)cc1. The first-order valence-electron chi connectivity index (χ1n) is 9.81. The highest BCUT2D eigenvalue weighted by molar-refractivity contribution is 7.99. The van der Waals surface area contributed by atoms with Crippen LogP contribution in [0.3, 0.4) is 0 Å². The summed E-state index contributed by atoms with van der Waals surface area (Å²) in [6, 6.07) is 15.2. The molecule has 1 aromatic heterocycles. The van der Waals surface area contributed by atoms with E-state index in [2.05, 4.69) is 10.2 Å². The van der Waals surface area contributed by atoms with Gasteiger partial charge in [-0.15, -0.1) is 10.2 Å². The molecule has 4 rings (SSSR count). The van der Waals surface area contributed by atoms with Crippen LogP contribution in [0, 0.1) is 0 Å². The van der Waals surface area contributed by atoms with Crippen molar-refractivity contribution in [2.75, 3.05) is 33.1 Å². The molecule has 0 fully saturated rings. The molecular formula is C22H23N3O5S. The largest absolute Gasteiger partial charge is 0.497 e. The highest BCUT2D eigenvalue weighted by Crippen LogP contribution is 2.31. The monoisotopic (exact) mass is 441 g/mol. The van der Waals surface area contributed by atoms with Crippen LogP contribution in [0.5, 0.6) is 17.2 Å². The zero-order chi connectivity index (χ0) is 21.6. The Bertz CT molecular complexity index is 1020. The fourth-order valence-corrected chi connectivity index (χ4v) is 3.80. The van der Waals surface area contributed by atoms with Crippen molar-refractivity contribution in [1.82, 2.24) is 15.1 Å².